The largest absolute Gasteiger partial charge is 0.388 e. The predicted octanol–water partition coefficient (Wildman–Crippen LogP) is 3.02. The molecule has 6 heteroatoms. The summed E-state index contributed by atoms with van der Waals surface area (Å²) in [6.07, 6.45) is 3.67. The fraction of sp³-hybridized carbons (Fsp3) is 0.562. The van der Waals surface area contributed by atoms with Gasteiger partial charge in [0.15, 0.2) is 0 Å². The maximum absolute atomic E-state index is 13.8. The average molecular weight is 312 g/mol. The van der Waals surface area contributed by atoms with E-state index in [9.17, 15) is 18.7 Å². The Morgan fingerprint density at radius 3 is 2.68 bits per heavy atom. The molecule has 1 fully saturated rings. The molecule has 122 valence electrons. The molecule has 2 amide bonds. The molecule has 3 N–H and O–H groups in total. The lowest BCUT2D eigenvalue weighted by atomic mass is 10.0. The van der Waals surface area contributed by atoms with Crippen molar-refractivity contribution in [3.05, 3.63) is 35.4 Å². The van der Waals surface area contributed by atoms with Crippen LogP contribution >= 0.6 is 0 Å². The van der Waals surface area contributed by atoms with Crippen molar-refractivity contribution in [3.63, 3.8) is 0 Å². The molecule has 1 unspecified atom stereocenters. The quantitative estimate of drug-likeness (QED) is 0.782. The predicted molar refractivity (Wildman–Crippen MR) is 79.3 cm³/mol. The number of halogens is 2. The summed E-state index contributed by atoms with van der Waals surface area (Å²) in [4.78, 5) is 11.9. The van der Waals surface area contributed by atoms with Crippen molar-refractivity contribution in [1.29, 1.82) is 0 Å². The number of amides is 2. The van der Waals surface area contributed by atoms with Gasteiger partial charge in [-0.2, -0.15) is 0 Å². The van der Waals surface area contributed by atoms with Gasteiger partial charge in [0.1, 0.15) is 11.6 Å². The summed E-state index contributed by atoms with van der Waals surface area (Å²) in [5.41, 5.74) is -0.722. The number of hydrogen-bond acceptors (Lipinski definition) is 2. The minimum Gasteiger partial charge on any atom is -0.388 e. The van der Waals surface area contributed by atoms with E-state index in [0.29, 0.717) is 19.3 Å². The van der Waals surface area contributed by atoms with E-state index in [1.807, 2.05) is 0 Å². The van der Waals surface area contributed by atoms with Crippen LogP contribution in [0.1, 0.15) is 50.6 Å². The molecule has 0 aromatic heterocycles. The topological polar surface area (TPSA) is 61.4 Å². The molecule has 0 saturated heterocycles. The van der Waals surface area contributed by atoms with Gasteiger partial charge < -0.3 is 15.7 Å². The monoisotopic (exact) mass is 312 g/mol. The molecule has 0 aliphatic heterocycles. The number of hydrogen-bond donors (Lipinski definition) is 3. The zero-order valence-corrected chi connectivity index (χ0v) is 12.7. The van der Waals surface area contributed by atoms with E-state index in [0.717, 1.165) is 31.0 Å². The van der Waals surface area contributed by atoms with Crippen molar-refractivity contribution in [2.45, 2.75) is 50.7 Å². The summed E-state index contributed by atoms with van der Waals surface area (Å²) in [6, 6.07) is 2.08. The van der Waals surface area contributed by atoms with Gasteiger partial charge in [0, 0.05) is 12.1 Å². The van der Waals surface area contributed by atoms with Crippen LogP contribution < -0.4 is 10.6 Å². The fourth-order valence-electron chi connectivity index (χ4n) is 2.85. The first-order chi connectivity index (χ1) is 10.4. The van der Waals surface area contributed by atoms with Gasteiger partial charge in [0.05, 0.1) is 11.6 Å². The molecule has 1 aromatic carbocycles. The molecule has 0 radical (unpaired) electrons. The summed E-state index contributed by atoms with van der Waals surface area (Å²) in [5.74, 6) is -1.10. The maximum Gasteiger partial charge on any atom is 0.315 e. The summed E-state index contributed by atoms with van der Waals surface area (Å²) in [6.45, 7) is 1.95. The number of benzene rings is 1. The highest BCUT2D eigenvalue weighted by molar-refractivity contribution is 5.74. The lowest BCUT2D eigenvalue weighted by Gasteiger charge is -2.24. The number of carbonyl (C=O) groups excluding carboxylic acids is 1. The number of nitrogens with one attached hydrogen (secondary N) is 2. The van der Waals surface area contributed by atoms with Gasteiger partial charge >= 0.3 is 6.03 Å². The number of urea groups is 1. The molecule has 0 bridgehead atoms. The molecule has 1 aliphatic carbocycles. The molecule has 22 heavy (non-hydrogen) atoms. The lowest BCUT2D eigenvalue weighted by molar-refractivity contribution is 0.0500. The molecule has 1 atom stereocenters. The van der Waals surface area contributed by atoms with Crippen LogP contribution in [0.5, 0.6) is 0 Å². The lowest BCUT2D eigenvalue weighted by Crippen LogP contribution is -2.45. The Labute approximate surface area is 128 Å². The third-order valence-electron chi connectivity index (χ3n) is 4.16. The molecule has 2 rings (SSSR count). The van der Waals surface area contributed by atoms with E-state index >= 15 is 0 Å². The Morgan fingerprint density at radius 1 is 1.36 bits per heavy atom. The third kappa shape index (κ3) is 4.16. The SMILES string of the molecule is CCC(NC(=O)NCC1(O)CCCC1)c1cc(F)ccc1F. The highest BCUT2D eigenvalue weighted by Crippen LogP contribution is 2.28. The zero-order valence-electron chi connectivity index (χ0n) is 12.7. The van der Waals surface area contributed by atoms with E-state index in [2.05, 4.69) is 10.6 Å². The fourth-order valence-corrected chi connectivity index (χ4v) is 2.85. The Balaban J connectivity index is 1.94. The van der Waals surface area contributed by atoms with E-state index < -0.39 is 29.3 Å². The first kappa shape index (κ1) is 16.7. The van der Waals surface area contributed by atoms with Crippen LogP contribution in [-0.2, 0) is 0 Å². The van der Waals surface area contributed by atoms with Crippen molar-refractivity contribution in [2.24, 2.45) is 0 Å². The molecule has 4 nitrogen and oxygen atoms in total. The van der Waals surface area contributed by atoms with Gasteiger partial charge in [-0.3, -0.25) is 0 Å². The first-order valence-corrected chi connectivity index (χ1v) is 7.65. The minimum absolute atomic E-state index is 0.122. The summed E-state index contributed by atoms with van der Waals surface area (Å²) >= 11 is 0. The minimum atomic E-state index is -0.844. The van der Waals surface area contributed by atoms with Gasteiger partial charge in [-0.15, -0.1) is 0 Å². The number of rotatable bonds is 5. The average Bonchev–Trinajstić information content (AvgIpc) is 2.93. The Hall–Kier alpha value is -1.69. The van der Waals surface area contributed by atoms with Crippen LogP contribution in [0.3, 0.4) is 0 Å². The van der Waals surface area contributed by atoms with E-state index in [1.165, 1.54) is 0 Å². The molecule has 0 heterocycles. The van der Waals surface area contributed by atoms with Crippen LogP contribution in [0.25, 0.3) is 0 Å². The second-order valence-corrected chi connectivity index (χ2v) is 5.89. The van der Waals surface area contributed by atoms with Crippen molar-refractivity contribution in [3.8, 4) is 0 Å². The van der Waals surface area contributed by atoms with Gasteiger partial charge in [0.2, 0.25) is 0 Å². The highest BCUT2D eigenvalue weighted by atomic mass is 19.1. The normalized spacial score (nSPS) is 18.0. The highest BCUT2D eigenvalue weighted by Gasteiger charge is 2.31. The van der Waals surface area contributed by atoms with Crippen molar-refractivity contribution < 1.29 is 18.7 Å². The van der Waals surface area contributed by atoms with Crippen molar-refractivity contribution in [1.82, 2.24) is 10.6 Å². The van der Waals surface area contributed by atoms with Crippen LogP contribution in [0.4, 0.5) is 13.6 Å². The number of aliphatic hydroxyl groups is 1. The van der Waals surface area contributed by atoms with E-state index in [-0.39, 0.29) is 12.1 Å². The van der Waals surface area contributed by atoms with Crippen molar-refractivity contribution >= 4 is 6.03 Å². The van der Waals surface area contributed by atoms with Crippen molar-refractivity contribution in [2.75, 3.05) is 6.54 Å². The van der Waals surface area contributed by atoms with Crippen LogP contribution in [0.15, 0.2) is 18.2 Å². The standard InChI is InChI=1S/C16H22F2N2O2/c1-2-14(12-9-11(17)5-6-13(12)18)20-15(21)19-10-16(22)7-3-4-8-16/h5-6,9,14,22H,2-4,7-8,10H2,1H3,(H2,19,20,21). The first-order valence-electron chi connectivity index (χ1n) is 7.65. The second kappa shape index (κ2) is 7.05. The van der Waals surface area contributed by atoms with Crippen LogP contribution in [0, 0.1) is 11.6 Å². The van der Waals surface area contributed by atoms with Gasteiger partial charge in [-0.05, 0) is 37.5 Å². The molecule has 1 saturated carbocycles. The number of carbonyl (C=O) groups is 1. The van der Waals surface area contributed by atoms with E-state index in [4.69, 9.17) is 0 Å². The summed E-state index contributed by atoms with van der Waals surface area (Å²) in [7, 11) is 0. The van der Waals surface area contributed by atoms with Crippen LogP contribution in [-0.4, -0.2) is 23.3 Å². The summed E-state index contributed by atoms with van der Waals surface area (Å²) < 4.78 is 27.0. The molecule has 0 spiro atoms. The second-order valence-electron chi connectivity index (χ2n) is 5.89. The Morgan fingerprint density at radius 2 is 2.05 bits per heavy atom. The smallest absolute Gasteiger partial charge is 0.315 e. The molecule has 1 aromatic rings. The van der Waals surface area contributed by atoms with Gasteiger partial charge in [-0.25, -0.2) is 13.6 Å². The third-order valence-corrected chi connectivity index (χ3v) is 4.16. The zero-order chi connectivity index (χ0) is 16.2. The Bertz CT molecular complexity index is 531. The Kier molecular flexibility index (Phi) is 5.34. The molecular formula is C16H22F2N2O2. The van der Waals surface area contributed by atoms with Gasteiger partial charge in [0.25, 0.3) is 0 Å². The van der Waals surface area contributed by atoms with Gasteiger partial charge in [-0.1, -0.05) is 19.8 Å². The molecule has 1 aliphatic rings. The maximum atomic E-state index is 13.8. The molecular weight excluding hydrogens is 290 g/mol. The summed E-state index contributed by atoms with van der Waals surface area (Å²) in [5, 5.41) is 15.4. The van der Waals surface area contributed by atoms with E-state index in [1.54, 1.807) is 6.92 Å². The van der Waals surface area contributed by atoms with Crippen LogP contribution in [0.2, 0.25) is 0 Å².